The van der Waals surface area contributed by atoms with Crippen molar-refractivity contribution >= 4 is 17.7 Å². The lowest BCUT2D eigenvalue weighted by Gasteiger charge is -2.35. The average molecular weight is 438 g/mol. The number of ketones is 2. The Bertz CT molecular complexity index is 647. The van der Waals surface area contributed by atoms with Gasteiger partial charge in [-0.05, 0) is 59.8 Å². The summed E-state index contributed by atoms with van der Waals surface area (Å²) in [5, 5.41) is 6.72. The molecule has 0 saturated carbocycles. The van der Waals surface area contributed by atoms with Gasteiger partial charge in [-0.15, -0.1) is 0 Å². The van der Waals surface area contributed by atoms with E-state index >= 15 is 0 Å². The third kappa shape index (κ3) is 8.73. The van der Waals surface area contributed by atoms with Gasteiger partial charge in [0.15, 0.2) is 11.6 Å². The molecular weight excluding hydrogens is 394 g/mol. The highest BCUT2D eigenvalue weighted by Gasteiger charge is 2.38. The minimum absolute atomic E-state index is 0.0263. The van der Waals surface area contributed by atoms with Crippen LogP contribution in [0.15, 0.2) is 12.2 Å². The van der Waals surface area contributed by atoms with Crippen LogP contribution < -0.4 is 10.6 Å². The van der Waals surface area contributed by atoms with Crippen molar-refractivity contribution < 1.29 is 19.1 Å². The minimum atomic E-state index is -0.753. The van der Waals surface area contributed by atoms with Crippen LogP contribution in [0.5, 0.6) is 0 Å². The number of carbonyl (C=O) groups excluding carboxylic acids is 3. The van der Waals surface area contributed by atoms with Crippen molar-refractivity contribution in [2.75, 3.05) is 26.7 Å². The number of rotatable bonds is 4. The number of nitrogens with zero attached hydrogens (tertiary/aromatic N) is 1. The molecule has 0 unspecified atom stereocenters. The zero-order valence-electron chi connectivity index (χ0n) is 20.5. The number of amides is 1. The average Bonchev–Trinajstić information content (AvgIpc) is 2.69. The summed E-state index contributed by atoms with van der Waals surface area (Å²) in [7, 11) is 1.71. The van der Waals surface area contributed by atoms with E-state index in [0.29, 0.717) is 25.8 Å². The second-order valence-electron chi connectivity index (χ2n) is 9.72. The maximum absolute atomic E-state index is 13.3. The molecule has 0 aromatic carbocycles. The predicted molar refractivity (Wildman–Crippen MR) is 124 cm³/mol. The SMILES string of the molecule is CC(C)N[C@]1(C)CCCN(C)C(=O)OC/C=C/CCC[C@](C)(C(=O)C(C)C)NCC1=O. The molecule has 1 amide bonds. The topological polar surface area (TPSA) is 87.7 Å². The smallest absolute Gasteiger partial charge is 0.409 e. The third-order valence-corrected chi connectivity index (χ3v) is 5.93. The summed E-state index contributed by atoms with van der Waals surface area (Å²) in [5.41, 5.74) is -1.50. The molecule has 2 N–H and O–H groups in total. The Balaban J connectivity index is 3.09. The summed E-state index contributed by atoms with van der Waals surface area (Å²) in [6.45, 7) is 12.5. The molecule has 0 saturated heterocycles. The lowest BCUT2D eigenvalue weighted by molar-refractivity contribution is -0.129. The Kier molecular flexibility index (Phi) is 10.9. The Morgan fingerprint density at radius 2 is 1.81 bits per heavy atom. The first-order valence-corrected chi connectivity index (χ1v) is 11.5. The maximum Gasteiger partial charge on any atom is 0.409 e. The van der Waals surface area contributed by atoms with E-state index < -0.39 is 11.1 Å². The lowest BCUT2D eigenvalue weighted by Crippen LogP contribution is -2.59. The molecule has 1 rings (SSSR count). The van der Waals surface area contributed by atoms with E-state index in [1.807, 2.05) is 53.7 Å². The number of nitrogens with one attached hydrogen (secondary N) is 2. The summed E-state index contributed by atoms with van der Waals surface area (Å²) in [6.07, 6.45) is 6.89. The predicted octanol–water partition coefficient (Wildman–Crippen LogP) is 3.47. The standard InChI is InChI=1S/C24H43N3O4/c1-18(2)21(29)24(6)13-10-8-9-11-16-31-22(30)27(7)15-12-14-23(5,26-19(3)4)20(28)17-25-24/h9,11,18-19,25-26H,8,10,12-17H2,1-7H3/b11-9+/t23-,24-/m1/s1. The first kappa shape index (κ1) is 27.3. The molecule has 1 heterocycles. The molecule has 7 heteroatoms. The van der Waals surface area contributed by atoms with Crippen LogP contribution in [0.4, 0.5) is 4.79 Å². The second-order valence-corrected chi connectivity index (χ2v) is 9.72. The number of cyclic esters (lactones) is 1. The van der Waals surface area contributed by atoms with E-state index in [9.17, 15) is 14.4 Å². The normalized spacial score (nSPS) is 29.0. The number of allylic oxidation sites excluding steroid dienone is 1. The zero-order valence-corrected chi connectivity index (χ0v) is 20.5. The van der Waals surface area contributed by atoms with Gasteiger partial charge in [-0.2, -0.15) is 0 Å². The van der Waals surface area contributed by atoms with Crippen LogP contribution in [0.1, 0.15) is 73.6 Å². The Hall–Kier alpha value is -1.73. The number of Topliss-reactive ketones (excluding diaryl/α,β-unsaturated/α-hetero) is 2. The van der Waals surface area contributed by atoms with Crippen molar-refractivity contribution in [3.8, 4) is 0 Å². The second kappa shape index (κ2) is 12.3. The molecule has 7 nitrogen and oxygen atoms in total. The van der Waals surface area contributed by atoms with Crippen LogP contribution in [-0.2, 0) is 14.3 Å². The van der Waals surface area contributed by atoms with Crippen LogP contribution in [0, 0.1) is 5.92 Å². The molecule has 1 aliphatic heterocycles. The molecular formula is C24H43N3O4. The fourth-order valence-electron chi connectivity index (χ4n) is 4.09. The molecule has 1 aliphatic rings. The highest BCUT2D eigenvalue weighted by atomic mass is 16.6. The first-order chi connectivity index (χ1) is 14.4. The third-order valence-electron chi connectivity index (χ3n) is 5.93. The van der Waals surface area contributed by atoms with Crippen molar-refractivity contribution in [1.82, 2.24) is 15.5 Å². The molecule has 2 atom stereocenters. The van der Waals surface area contributed by atoms with Gasteiger partial charge in [0.1, 0.15) is 6.61 Å². The highest BCUT2D eigenvalue weighted by molar-refractivity contribution is 5.93. The van der Waals surface area contributed by atoms with E-state index in [1.165, 1.54) is 0 Å². The summed E-state index contributed by atoms with van der Waals surface area (Å²) >= 11 is 0. The molecule has 0 fully saturated rings. The first-order valence-electron chi connectivity index (χ1n) is 11.5. The van der Waals surface area contributed by atoms with Gasteiger partial charge in [-0.1, -0.05) is 26.0 Å². The van der Waals surface area contributed by atoms with Crippen LogP contribution in [0.25, 0.3) is 0 Å². The summed E-state index contributed by atoms with van der Waals surface area (Å²) in [6, 6.07) is 0.125. The fourth-order valence-corrected chi connectivity index (χ4v) is 4.09. The highest BCUT2D eigenvalue weighted by Crippen LogP contribution is 2.22. The fraction of sp³-hybridized carbons (Fsp3) is 0.792. The number of carbonyl (C=O) groups is 3. The lowest BCUT2D eigenvalue weighted by atomic mass is 9.83. The Morgan fingerprint density at radius 1 is 1.13 bits per heavy atom. The van der Waals surface area contributed by atoms with E-state index in [1.54, 1.807) is 11.9 Å². The van der Waals surface area contributed by atoms with Crippen molar-refractivity contribution in [3.05, 3.63) is 12.2 Å². The molecule has 0 spiro atoms. The van der Waals surface area contributed by atoms with E-state index in [4.69, 9.17) is 4.74 Å². The molecule has 0 radical (unpaired) electrons. The molecule has 178 valence electrons. The van der Waals surface area contributed by atoms with Crippen molar-refractivity contribution in [3.63, 3.8) is 0 Å². The van der Waals surface area contributed by atoms with Crippen LogP contribution in [0.2, 0.25) is 0 Å². The van der Waals surface area contributed by atoms with Crippen LogP contribution in [0.3, 0.4) is 0 Å². The van der Waals surface area contributed by atoms with Gasteiger partial charge in [0.05, 0.1) is 17.6 Å². The number of hydrogen-bond donors (Lipinski definition) is 2. The van der Waals surface area contributed by atoms with Gasteiger partial charge in [0.2, 0.25) is 0 Å². The number of ether oxygens (including phenoxy) is 1. The van der Waals surface area contributed by atoms with Gasteiger partial charge in [0.25, 0.3) is 0 Å². The summed E-state index contributed by atoms with van der Waals surface area (Å²) in [5.74, 6) is 0.0297. The van der Waals surface area contributed by atoms with Crippen LogP contribution in [-0.4, -0.2) is 66.4 Å². The minimum Gasteiger partial charge on any atom is -0.445 e. The Morgan fingerprint density at radius 3 is 2.42 bits per heavy atom. The van der Waals surface area contributed by atoms with Crippen molar-refractivity contribution in [1.29, 1.82) is 0 Å². The monoisotopic (exact) mass is 437 g/mol. The largest absolute Gasteiger partial charge is 0.445 e. The van der Waals surface area contributed by atoms with Gasteiger partial charge in [-0.3, -0.25) is 14.9 Å². The van der Waals surface area contributed by atoms with E-state index in [-0.39, 0.29) is 42.8 Å². The van der Waals surface area contributed by atoms with Crippen molar-refractivity contribution in [2.24, 2.45) is 5.92 Å². The van der Waals surface area contributed by atoms with Gasteiger partial charge < -0.3 is 15.0 Å². The van der Waals surface area contributed by atoms with Gasteiger partial charge in [-0.25, -0.2) is 4.79 Å². The van der Waals surface area contributed by atoms with Crippen LogP contribution >= 0.6 is 0 Å². The number of hydrogen-bond acceptors (Lipinski definition) is 6. The molecule has 0 bridgehead atoms. The molecule has 0 aromatic heterocycles. The zero-order chi connectivity index (χ0) is 23.7. The quantitative estimate of drug-likeness (QED) is 0.655. The Labute approximate surface area is 188 Å². The van der Waals surface area contributed by atoms with Gasteiger partial charge in [0, 0.05) is 25.6 Å². The van der Waals surface area contributed by atoms with E-state index in [0.717, 1.165) is 12.8 Å². The van der Waals surface area contributed by atoms with E-state index in [2.05, 4.69) is 10.6 Å². The van der Waals surface area contributed by atoms with Gasteiger partial charge >= 0.3 is 6.09 Å². The van der Waals surface area contributed by atoms with Crippen molar-refractivity contribution in [2.45, 2.75) is 90.8 Å². The molecule has 31 heavy (non-hydrogen) atoms. The maximum atomic E-state index is 13.3. The molecule has 0 aliphatic carbocycles. The summed E-state index contributed by atoms with van der Waals surface area (Å²) in [4.78, 5) is 39.9. The molecule has 0 aromatic rings. The summed E-state index contributed by atoms with van der Waals surface area (Å²) < 4.78 is 5.28.